The van der Waals surface area contributed by atoms with E-state index in [-0.39, 0.29) is 0 Å². The zero-order chi connectivity index (χ0) is 13.0. The number of nitrogens with zero attached hydrogens (tertiary/aromatic N) is 1. The molecule has 2 aromatic carbocycles. The smallest absolute Gasteiger partial charge is 0.0992 e. The van der Waals surface area contributed by atoms with Gasteiger partial charge in [-0.05, 0) is 30.7 Å². The highest BCUT2D eigenvalue weighted by Crippen LogP contribution is 2.29. The van der Waals surface area contributed by atoms with Crippen LogP contribution in [0.15, 0.2) is 47.4 Å². The minimum absolute atomic E-state index is 0.649. The maximum Gasteiger partial charge on any atom is 0.0992 e. The van der Waals surface area contributed by atoms with Crippen molar-refractivity contribution in [1.82, 2.24) is 0 Å². The molecule has 0 aromatic heterocycles. The minimum atomic E-state index is 0.649. The molecule has 0 fully saturated rings. The second kappa shape index (κ2) is 5.61. The summed E-state index contributed by atoms with van der Waals surface area (Å²) in [5, 5.41) is 8.87. The minimum Gasteiger partial charge on any atom is -0.398 e. The summed E-state index contributed by atoms with van der Waals surface area (Å²) in [5.41, 5.74) is 9.81. The van der Waals surface area contributed by atoms with Gasteiger partial charge in [0.25, 0.3) is 0 Å². The molecule has 0 amide bonds. The fourth-order valence-corrected chi connectivity index (χ4v) is 2.64. The first-order valence-corrected chi connectivity index (χ1v) is 6.65. The van der Waals surface area contributed by atoms with Crippen LogP contribution in [-0.2, 0) is 5.75 Å². The lowest BCUT2D eigenvalue weighted by atomic mass is 10.2. The Hall–Kier alpha value is -1.92. The van der Waals surface area contributed by atoms with Crippen molar-refractivity contribution in [3.63, 3.8) is 0 Å². The Morgan fingerprint density at radius 2 is 2.06 bits per heavy atom. The number of benzene rings is 2. The van der Waals surface area contributed by atoms with Crippen molar-refractivity contribution >= 4 is 17.4 Å². The molecule has 0 saturated heterocycles. The summed E-state index contributed by atoms with van der Waals surface area (Å²) >= 11 is 1.66. The molecule has 0 aliphatic carbocycles. The van der Waals surface area contributed by atoms with E-state index in [2.05, 4.69) is 37.3 Å². The molecule has 2 nitrogen and oxygen atoms in total. The summed E-state index contributed by atoms with van der Waals surface area (Å²) < 4.78 is 0. The van der Waals surface area contributed by atoms with Crippen LogP contribution in [0.2, 0.25) is 0 Å². The first kappa shape index (κ1) is 12.5. The van der Waals surface area contributed by atoms with Crippen LogP contribution in [0, 0.1) is 18.3 Å². The highest BCUT2D eigenvalue weighted by atomic mass is 32.2. The zero-order valence-electron chi connectivity index (χ0n) is 10.2. The number of anilines is 1. The lowest BCUT2D eigenvalue weighted by Gasteiger charge is -2.06. The predicted octanol–water partition coefficient (Wildman–Crippen LogP) is 3.74. The van der Waals surface area contributed by atoms with Crippen molar-refractivity contribution in [3.8, 4) is 6.07 Å². The van der Waals surface area contributed by atoms with Crippen molar-refractivity contribution < 1.29 is 0 Å². The van der Waals surface area contributed by atoms with Gasteiger partial charge < -0.3 is 5.73 Å². The number of hydrogen-bond acceptors (Lipinski definition) is 3. The standard InChI is InChI=1S/C15H14N2S/c1-11-3-2-4-13(7-11)10-18-15-8-12(9-16)5-6-14(15)17/h2-8H,10,17H2,1H3. The number of nitrogens with two attached hydrogens (primary N) is 1. The summed E-state index contributed by atoms with van der Waals surface area (Å²) in [6.45, 7) is 2.08. The van der Waals surface area contributed by atoms with Crippen LogP contribution < -0.4 is 5.73 Å². The summed E-state index contributed by atoms with van der Waals surface area (Å²) in [4.78, 5) is 0.968. The van der Waals surface area contributed by atoms with E-state index in [0.29, 0.717) is 5.56 Å². The van der Waals surface area contributed by atoms with Crippen LogP contribution in [0.4, 0.5) is 5.69 Å². The average molecular weight is 254 g/mol. The number of rotatable bonds is 3. The Kier molecular flexibility index (Phi) is 3.91. The molecular weight excluding hydrogens is 240 g/mol. The molecule has 90 valence electrons. The van der Waals surface area contributed by atoms with Gasteiger partial charge >= 0.3 is 0 Å². The van der Waals surface area contributed by atoms with Gasteiger partial charge in [-0.15, -0.1) is 11.8 Å². The van der Waals surface area contributed by atoms with E-state index in [9.17, 15) is 0 Å². The molecule has 0 bridgehead atoms. The Morgan fingerprint density at radius 3 is 2.78 bits per heavy atom. The summed E-state index contributed by atoms with van der Waals surface area (Å²) in [6, 6.07) is 15.9. The Morgan fingerprint density at radius 1 is 1.22 bits per heavy atom. The van der Waals surface area contributed by atoms with Crippen molar-refractivity contribution in [3.05, 3.63) is 59.2 Å². The van der Waals surface area contributed by atoms with Crippen LogP contribution in [0.5, 0.6) is 0 Å². The van der Waals surface area contributed by atoms with E-state index in [1.54, 1.807) is 23.9 Å². The molecule has 3 heteroatoms. The van der Waals surface area contributed by atoms with E-state index in [4.69, 9.17) is 11.0 Å². The second-order valence-corrected chi connectivity index (χ2v) is 5.16. The molecule has 0 spiro atoms. The monoisotopic (exact) mass is 254 g/mol. The highest BCUT2D eigenvalue weighted by molar-refractivity contribution is 7.98. The van der Waals surface area contributed by atoms with Gasteiger partial charge in [0.2, 0.25) is 0 Å². The van der Waals surface area contributed by atoms with Crippen molar-refractivity contribution in [2.45, 2.75) is 17.6 Å². The van der Waals surface area contributed by atoms with E-state index < -0.39 is 0 Å². The number of thioether (sulfide) groups is 1. The van der Waals surface area contributed by atoms with Crippen LogP contribution in [0.3, 0.4) is 0 Å². The molecule has 0 saturated carbocycles. The number of aryl methyl sites for hydroxylation is 1. The van der Waals surface area contributed by atoms with Gasteiger partial charge in [-0.25, -0.2) is 0 Å². The fraction of sp³-hybridized carbons (Fsp3) is 0.133. The molecule has 0 aliphatic heterocycles. The molecule has 0 atom stereocenters. The third-order valence-electron chi connectivity index (χ3n) is 2.62. The normalized spacial score (nSPS) is 10.0. The van der Waals surface area contributed by atoms with Gasteiger partial charge in [0, 0.05) is 16.3 Å². The molecule has 0 aliphatic rings. The van der Waals surface area contributed by atoms with E-state index >= 15 is 0 Å². The van der Waals surface area contributed by atoms with Gasteiger partial charge in [-0.2, -0.15) is 5.26 Å². The van der Waals surface area contributed by atoms with E-state index in [1.165, 1.54) is 11.1 Å². The lowest BCUT2D eigenvalue weighted by Crippen LogP contribution is -1.90. The number of nitrogen functional groups attached to an aromatic ring is 1. The van der Waals surface area contributed by atoms with Crippen molar-refractivity contribution in [2.24, 2.45) is 0 Å². The molecule has 2 aromatic rings. The maximum absolute atomic E-state index is 8.87. The molecule has 0 unspecified atom stereocenters. The first-order valence-electron chi connectivity index (χ1n) is 5.67. The Bertz CT molecular complexity index is 600. The average Bonchev–Trinajstić information content (AvgIpc) is 2.38. The van der Waals surface area contributed by atoms with E-state index in [1.807, 2.05) is 6.07 Å². The van der Waals surface area contributed by atoms with Crippen LogP contribution in [0.25, 0.3) is 0 Å². The largest absolute Gasteiger partial charge is 0.398 e. The van der Waals surface area contributed by atoms with Gasteiger partial charge in [-0.1, -0.05) is 29.8 Å². The Balaban J connectivity index is 2.13. The third-order valence-corrected chi connectivity index (χ3v) is 3.76. The van der Waals surface area contributed by atoms with E-state index in [0.717, 1.165) is 16.3 Å². The van der Waals surface area contributed by atoms with Gasteiger partial charge in [-0.3, -0.25) is 0 Å². The van der Waals surface area contributed by atoms with Crippen LogP contribution >= 0.6 is 11.8 Å². The zero-order valence-corrected chi connectivity index (χ0v) is 11.0. The highest BCUT2D eigenvalue weighted by Gasteiger charge is 2.03. The topological polar surface area (TPSA) is 49.8 Å². The molecular formula is C15H14N2S. The summed E-state index contributed by atoms with van der Waals surface area (Å²) in [6.07, 6.45) is 0. The number of nitriles is 1. The van der Waals surface area contributed by atoms with Gasteiger partial charge in [0.15, 0.2) is 0 Å². The quantitative estimate of drug-likeness (QED) is 0.670. The second-order valence-electron chi connectivity index (χ2n) is 4.14. The predicted molar refractivity (Wildman–Crippen MR) is 76.3 cm³/mol. The summed E-state index contributed by atoms with van der Waals surface area (Å²) in [7, 11) is 0. The maximum atomic E-state index is 8.87. The third kappa shape index (κ3) is 3.06. The SMILES string of the molecule is Cc1cccc(CSc2cc(C#N)ccc2N)c1. The van der Waals surface area contributed by atoms with Crippen LogP contribution in [0.1, 0.15) is 16.7 Å². The molecule has 2 rings (SSSR count). The molecule has 0 radical (unpaired) electrons. The van der Waals surface area contributed by atoms with Crippen LogP contribution in [-0.4, -0.2) is 0 Å². The van der Waals surface area contributed by atoms with Crippen molar-refractivity contribution in [2.75, 3.05) is 5.73 Å². The molecule has 18 heavy (non-hydrogen) atoms. The van der Waals surface area contributed by atoms with Gasteiger partial charge in [0.1, 0.15) is 0 Å². The van der Waals surface area contributed by atoms with Gasteiger partial charge in [0.05, 0.1) is 11.6 Å². The summed E-state index contributed by atoms with van der Waals surface area (Å²) in [5.74, 6) is 0.862. The molecule has 2 N–H and O–H groups in total. The van der Waals surface area contributed by atoms with Crippen molar-refractivity contribution in [1.29, 1.82) is 5.26 Å². The Labute approximate surface area is 111 Å². The first-order chi connectivity index (χ1) is 8.69. The fourth-order valence-electron chi connectivity index (χ4n) is 1.69. The lowest BCUT2D eigenvalue weighted by molar-refractivity contribution is 1.34. The number of hydrogen-bond donors (Lipinski definition) is 1. The molecule has 0 heterocycles.